The highest BCUT2D eigenvalue weighted by atomic mass is 16.5. The molecule has 3 aromatic rings. The van der Waals surface area contributed by atoms with Crippen molar-refractivity contribution in [3.05, 3.63) is 89.0 Å². The summed E-state index contributed by atoms with van der Waals surface area (Å²) in [6.07, 6.45) is 0. The maximum Gasteiger partial charge on any atom is 0.300 e. The van der Waals surface area contributed by atoms with Gasteiger partial charge in [0.05, 0.1) is 31.4 Å². The number of Topliss-reactive ketones (excluding diaryl/α,β-unsaturated/α-hetero) is 1. The number of hydrogen-bond acceptors (Lipinski definition) is 6. The molecule has 4 rings (SSSR count). The molecule has 7 heteroatoms. The summed E-state index contributed by atoms with van der Waals surface area (Å²) in [7, 11) is 6.86. The maximum absolute atomic E-state index is 13.4. The number of carbonyl (C=O) groups excluding carboxylic acids is 2. The number of para-hydroxylation sites is 1. The molecule has 1 atom stereocenters. The molecular formula is C28H28N2O5. The number of carbonyl (C=O) groups is 2. The van der Waals surface area contributed by atoms with E-state index in [4.69, 9.17) is 9.47 Å². The fourth-order valence-corrected chi connectivity index (χ4v) is 4.32. The number of aryl methyl sites for hydroxylation is 1. The van der Waals surface area contributed by atoms with Gasteiger partial charge in [0, 0.05) is 31.5 Å². The number of ether oxygens (including phenoxy) is 2. The fourth-order valence-electron chi connectivity index (χ4n) is 4.32. The van der Waals surface area contributed by atoms with Crippen LogP contribution in [0.3, 0.4) is 0 Å². The molecule has 1 aliphatic heterocycles. The molecule has 0 bridgehead atoms. The van der Waals surface area contributed by atoms with Crippen LogP contribution < -0.4 is 19.3 Å². The van der Waals surface area contributed by atoms with E-state index in [1.54, 1.807) is 24.3 Å². The summed E-state index contributed by atoms with van der Waals surface area (Å²) in [5.74, 6) is -0.902. The average molecular weight is 473 g/mol. The molecule has 1 aliphatic rings. The molecule has 1 fully saturated rings. The van der Waals surface area contributed by atoms with E-state index in [1.807, 2.05) is 68.4 Å². The van der Waals surface area contributed by atoms with Crippen molar-refractivity contribution < 1.29 is 24.2 Å². The minimum Gasteiger partial charge on any atom is -0.507 e. The van der Waals surface area contributed by atoms with Crippen molar-refractivity contribution in [2.75, 3.05) is 38.1 Å². The van der Waals surface area contributed by atoms with Crippen LogP contribution >= 0.6 is 0 Å². The molecule has 1 saturated heterocycles. The second kappa shape index (κ2) is 9.54. The third-order valence-corrected chi connectivity index (χ3v) is 6.21. The summed E-state index contributed by atoms with van der Waals surface area (Å²) in [6.45, 7) is 1.88. The summed E-state index contributed by atoms with van der Waals surface area (Å²) in [6, 6.07) is 19.0. The van der Waals surface area contributed by atoms with Crippen LogP contribution in [0.15, 0.2) is 72.3 Å². The van der Waals surface area contributed by atoms with Gasteiger partial charge < -0.3 is 19.5 Å². The molecule has 0 spiro atoms. The number of benzene rings is 3. The van der Waals surface area contributed by atoms with E-state index < -0.39 is 17.7 Å². The Kier molecular flexibility index (Phi) is 6.51. The van der Waals surface area contributed by atoms with Crippen LogP contribution in [0.2, 0.25) is 0 Å². The summed E-state index contributed by atoms with van der Waals surface area (Å²) >= 11 is 0. The zero-order valence-corrected chi connectivity index (χ0v) is 20.4. The van der Waals surface area contributed by atoms with Gasteiger partial charge in [0.25, 0.3) is 11.7 Å². The van der Waals surface area contributed by atoms with Gasteiger partial charge in [-0.25, -0.2) is 0 Å². The van der Waals surface area contributed by atoms with Crippen LogP contribution in [-0.2, 0) is 9.59 Å². The monoisotopic (exact) mass is 472 g/mol. The largest absolute Gasteiger partial charge is 0.507 e. The lowest BCUT2D eigenvalue weighted by Crippen LogP contribution is -2.30. The van der Waals surface area contributed by atoms with E-state index in [9.17, 15) is 14.7 Å². The number of rotatable bonds is 6. The van der Waals surface area contributed by atoms with Crippen LogP contribution in [0.4, 0.5) is 11.4 Å². The Morgan fingerprint density at radius 3 is 2.23 bits per heavy atom. The summed E-state index contributed by atoms with van der Waals surface area (Å²) in [5.41, 5.74) is 3.42. The molecule has 3 aromatic carbocycles. The first-order valence-corrected chi connectivity index (χ1v) is 11.1. The molecule has 1 unspecified atom stereocenters. The number of hydrogen-bond donors (Lipinski definition) is 1. The van der Waals surface area contributed by atoms with Gasteiger partial charge in [-0.2, -0.15) is 0 Å². The van der Waals surface area contributed by atoms with E-state index >= 15 is 0 Å². The summed E-state index contributed by atoms with van der Waals surface area (Å²) in [5, 5.41) is 11.4. The van der Waals surface area contributed by atoms with Gasteiger partial charge in [-0.1, -0.05) is 30.3 Å². The van der Waals surface area contributed by atoms with Crippen LogP contribution in [0.5, 0.6) is 11.5 Å². The molecule has 35 heavy (non-hydrogen) atoms. The molecule has 180 valence electrons. The number of methoxy groups -OCH3 is 2. The third-order valence-electron chi connectivity index (χ3n) is 6.21. The Balaban J connectivity index is 1.97. The highest BCUT2D eigenvalue weighted by Gasteiger charge is 2.47. The summed E-state index contributed by atoms with van der Waals surface area (Å²) < 4.78 is 10.7. The molecule has 1 N–H and O–H groups in total. The molecule has 0 aliphatic carbocycles. The predicted molar refractivity (Wildman–Crippen MR) is 136 cm³/mol. The lowest BCUT2D eigenvalue weighted by molar-refractivity contribution is -0.132. The zero-order valence-electron chi connectivity index (χ0n) is 20.4. The molecular weight excluding hydrogens is 444 g/mol. The molecule has 1 heterocycles. The lowest BCUT2D eigenvalue weighted by Gasteiger charge is -2.27. The lowest BCUT2D eigenvalue weighted by atomic mass is 9.94. The van der Waals surface area contributed by atoms with E-state index in [1.165, 1.54) is 19.1 Å². The van der Waals surface area contributed by atoms with Crippen molar-refractivity contribution in [3.63, 3.8) is 0 Å². The van der Waals surface area contributed by atoms with Gasteiger partial charge in [-0.15, -0.1) is 0 Å². The van der Waals surface area contributed by atoms with Crippen molar-refractivity contribution >= 4 is 28.8 Å². The Bertz CT molecular complexity index is 1310. The number of amides is 1. The van der Waals surface area contributed by atoms with Crippen LogP contribution in [0.25, 0.3) is 5.76 Å². The summed E-state index contributed by atoms with van der Waals surface area (Å²) in [4.78, 5) is 30.2. The van der Waals surface area contributed by atoms with Gasteiger partial charge in [-0.05, 0) is 48.4 Å². The van der Waals surface area contributed by atoms with Crippen LogP contribution in [0, 0.1) is 6.92 Å². The van der Waals surface area contributed by atoms with Crippen molar-refractivity contribution in [1.29, 1.82) is 0 Å². The minimum absolute atomic E-state index is 0.000627. The number of nitrogens with zero attached hydrogens (tertiary/aromatic N) is 2. The zero-order chi connectivity index (χ0) is 25.3. The van der Waals surface area contributed by atoms with E-state index in [0.29, 0.717) is 28.3 Å². The average Bonchev–Trinajstić information content (AvgIpc) is 3.13. The maximum atomic E-state index is 13.4. The van der Waals surface area contributed by atoms with Gasteiger partial charge >= 0.3 is 0 Å². The van der Waals surface area contributed by atoms with Crippen LogP contribution in [0.1, 0.15) is 22.7 Å². The smallest absolute Gasteiger partial charge is 0.300 e. The Morgan fingerprint density at radius 1 is 0.943 bits per heavy atom. The highest BCUT2D eigenvalue weighted by molar-refractivity contribution is 6.51. The first kappa shape index (κ1) is 23.9. The highest BCUT2D eigenvalue weighted by Crippen LogP contribution is 2.44. The standard InChI is InChI=1S/C28H28N2O5/c1-17-8-6-7-9-22(17)30-25(18-10-12-19(13-11-18)29(2)3)24(27(32)28(30)33)26(31)21-15-14-20(34-4)16-23(21)35-5/h6-16,25,31H,1-5H3/b26-24-. The van der Waals surface area contributed by atoms with Crippen molar-refractivity contribution in [2.24, 2.45) is 0 Å². The second-order valence-corrected chi connectivity index (χ2v) is 8.51. The quantitative estimate of drug-likeness (QED) is 0.318. The molecule has 0 radical (unpaired) electrons. The van der Waals surface area contributed by atoms with Gasteiger partial charge in [0.2, 0.25) is 0 Å². The number of anilines is 2. The molecule has 1 amide bonds. The number of ketones is 1. The van der Waals surface area contributed by atoms with Crippen LogP contribution in [-0.4, -0.2) is 45.1 Å². The van der Waals surface area contributed by atoms with Gasteiger partial charge in [0.15, 0.2) is 0 Å². The second-order valence-electron chi connectivity index (χ2n) is 8.51. The first-order chi connectivity index (χ1) is 16.8. The first-order valence-electron chi connectivity index (χ1n) is 11.1. The third kappa shape index (κ3) is 4.21. The van der Waals surface area contributed by atoms with E-state index in [0.717, 1.165) is 11.3 Å². The van der Waals surface area contributed by atoms with Crippen molar-refractivity contribution in [2.45, 2.75) is 13.0 Å². The Labute approximate surface area is 204 Å². The number of aliphatic hydroxyl groups is 1. The van der Waals surface area contributed by atoms with Gasteiger partial charge in [0.1, 0.15) is 17.3 Å². The molecule has 0 saturated carbocycles. The van der Waals surface area contributed by atoms with E-state index in [-0.39, 0.29) is 11.3 Å². The Morgan fingerprint density at radius 2 is 1.63 bits per heavy atom. The topological polar surface area (TPSA) is 79.3 Å². The van der Waals surface area contributed by atoms with Crippen molar-refractivity contribution in [3.8, 4) is 11.5 Å². The number of aliphatic hydroxyl groups excluding tert-OH is 1. The predicted octanol–water partition coefficient (Wildman–Crippen LogP) is 4.70. The SMILES string of the molecule is COc1ccc(/C(O)=C2/C(=O)C(=O)N(c3ccccc3C)C2c2ccc(N(C)C)cc2)c(OC)c1. The fraction of sp³-hybridized carbons (Fsp3) is 0.214. The van der Waals surface area contributed by atoms with Gasteiger partial charge in [-0.3, -0.25) is 14.5 Å². The van der Waals surface area contributed by atoms with Crippen molar-refractivity contribution in [1.82, 2.24) is 0 Å². The molecule has 7 nitrogen and oxygen atoms in total. The van der Waals surface area contributed by atoms with E-state index in [2.05, 4.69) is 0 Å². The Hall–Kier alpha value is -4.26. The minimum atomic E-state index is -0.820. The normalized spacial score (nSPS) is 16.9. The molecule has 0 aromatic heterocycles.